The number of carboxylic acids is 1. The van der Waals surface area contributed by atoms with Gasteiger partial charge in [-0.3, -0.25) is 23.4 Å². The van der Waals surface area contributed by atoms with E-state index in [4.69, 9.17) is 24.8 Å². The molecule has 11 nitrogen and oxygen atoms in total. The summed E-state index contributed by atoms with van der Waals surface area (Å²) in [6.07, 6.45) is 39.2. The van der Waals surface area contributed by atoms with Crippen LogP contribution in [0.2, 0.25) is 0 Å². The Labute approximate surface area is 327 Å². The van der Waals surface area contributed by atoms with Crippen LogP contribution >= 0.6 is 7.82 Å². The third-order valence-electron chi connectivity index (χ3n) is 8.86. The summed E-state index contributed by atoms with van der Waals surface area (Å²) in [5.41, 5.74) is 5.32. The largest absolute Gasteiger partial charge is 0.480 e. The highest BCUT2D eigenvalue weighted by Gasteiger charge is 2.28. The average molecular weight is 786 g/mol. The van der Waals surface area contributed by atoms with Gasteiger partial charge in [-0.05, 0) is 70.6 Å². The molecule has 0 amide bonds. The molecular weight excluding hydrogens is 709 g/mol. The zero-order chi connectivity index (χ0) is 40.0. The Morgan fingerprint density at radius 2 is 0.981 bits per heavy atom. The number of carboxylic acid groups (broad SMARTS) is 1. The van der Waals surface area contributed by atoms with Crippen molar-refractivity contribution in [2.45, 2.75) is 193 Å². The quantitative estimate of drug-likeness (QED) is 0.0234. The van der Waals surface area contributed by atoms with Crippen molar-refractivity contribution in [1.82, 2.24) is 0 Å². The van der Waals surface area contributed by atoms with Crippen LogP contribution in [-0.2, 0) is 37.5 Å². The summed E-state index contributed by atoms with van der Waals surface area (Å²) in [5.74, 6) is -2.41. The molecule has 0 radical (unpaired) electrons. The number of phosphoric acid groups is 1. The van der Waals surface area contributed by atoms with Gasteiger partial charge in [-0.15, -0.1) is 0 Å². The second kappa shape index (κ2) is 37.6. The lowest BCUT2D eigenvalue weighted by Crippen LogP contribution is -2.34. The van der Waals surface area contributed by atoms with Gasteiger partial charge in [0.25, 0.3) is 0 Å². The molecular formula is C42H76NO10P. The molecule has 0 aliphatic rings. The van der Waals surface area contributed by atoms with Crippen LogP contribution in [0.1, 0.15) is 181 Å². The van der Waals surface area contributed by atoms with Gasteiger partial charge in [0.2, 0.25) is 0 Å². The Hall–Kier alpha value is -2.30. The van der Waals surface area contributed by atoms with Gasteiger partial charge in [-0.1, -0.05) is 134 Å². The Morgan fingerprint density at radius 3 is 1.50 bits per heavy atom. The van der Waals surface area contributed by atoms with E-state index in [0.717, 1.165) is 83.5 Å². The molecule has 0 aromatic carbocycles. The standard InChI is InChI=1S/C42H76NO10P/c1-3-5-7-9-11-13-15-17-19-21-23-25-27-29-31-33-40(44)50-35-38(36-51-54(48,49)52-37-39(43)42(46)47)53-41(45)34-32-30-28-26-24-22-20-18-16-14-12-10-8-6-4-2/h11,13,17-20,38-39H,3-10,12,14-16,21-37,43H2,1-2H3,(H,46,47)(H,48,49)/b13-11+,19-17+,20-18+/t38-,39+/m1/s1. The molecule has 4 N–H and O–H groups in total. The smallest absolute Gasteiger partial charge is 0.472 e. The first-order valence-corrected chi connectivity index (χ1v) is 22.5. The van der Waals surface area contributed by atoms with Gasteiger partial charge in [0.15, 0.2) is 6.10 Å². The second-order valence-corrected chi connectivity index (χ2v) is 15.6. The number of rotatable bonds is 39. The van der Waals surface area contributed by atoms with Crippen molar-refractivity contribution >= 4 is 25.7 Å². The number of carbonyl (C=O) groups is 3. The van der Waals surface area contributed by atoms with Crippen molar-refractivity contribution in [3.05, 3.63) is 36.5 Å². The van der Waals surface area contributed by atoms with Crippen molar-refractivity contribution in [2.75, 3.05) is 19.8 Å². The van der Waals surface area contributed by atoms with E-state index < -0.39 is 51.1 Å². The number of nitrogens with two attached hydrogens (primary N) is 1. The number of phosphoric ester groups is 1. The normalized spacial score (nSPS) is 14.1. The Kier molecular flexibility index (Phi) is 36.0. The van der Waals surface area contributed by atoms with Crippen molar-refractivity contribution in [3.63, 3.8) is 0 Å². The number of aliphatic carboxylic acids is 1. The zero-order valence-electron chi connectivity index (χ0n) is 33.8. The molecule has 0 bridgehead atoms. The van der Waals surface area contributed by atoms with Crippen LogP contribution < -0.4 is 5.73 Å². The molecule has 0 aliphatic carbocycles. The number of carbonyl (C=O) groups excluding carboxylic acids is 2. The maximum atomic E-state index is 12.6. The second-order valence-electron chi connectivity index (χ2n) is 14.1. The highest BCUT2D eigenvalue weighted by molar-refractivity contribution is 7.47. The van der Waals surface area contributed by atoms with E-state index >= 15 is 0 Å². The van der Waals surface area contributed by atoms with Crippen LogP contribution in [-0.4, -0.2) is 59.9 Å². The molecule has 54 heavy (non-hydrogen) atoms. The van der Waals surface area contributed by atoms with Crippen LogP contribution in [0, 0.1) is 0 Å². The van der Waals surface area contributed by atoms with Gasteiger partial charge in [0.05, 0.1) is 13.2 Å². The van der Waals surface area contributed by atoms with Crippen molar-refractivity contribution < 1.29 is 47.5 Å². The first kappa shape index (κ1) is 51.7. The summed E-state index contributed by atoms with van der Waals surface area (Å²) in [5, 5.41) is 8.88. The minimum Gasteiger partial charge on any atom is -0.480 e. The van der Waals surface area contributed by atoms with Gasteiger partial charge in [0, 0.05) is 12.8 Å². The Morgan fingerprint density at radius 1 is 0.574 bits per heavy atom. The molecule has 0 spiro atoms. The molecule has 0 aromatic rings. The van der Waals surface area contributed by atoms with Crippen molar-refractivity contribution in [3.8, 4) is 0 Å². The summed E-state index contributed by atoms with van der Waals surface area (Å²) >= 11 is 0. The summed E-state index contributed by atoms with van der Waals surface area (Å²) in [4.78, 5) is 45.9. The van der Waals surface area contributed by atoms with Gasteiger partial charge in [0.1, 0.15) is 12.6 Å². The Bertz CT molecular complexity index is 1060. The average Bonchev–Trinajstić information content (AvgIpc) is 3.14. The number of hydrogen-bond acceptors (Lipinski definition) is 9. The fourth-order valence-corrected chi connectivity index (χ4v) is 6.28. The third kappa shape index (κ3) is 36.7. The molecule has 0 rings (SSSR count). The summed E-state index contributed by atoms with van der Waals surface area (Å²) in [7, 11) is -4.72. The summed E-state index contributed by atoms with van der Waals surface area (Å²) in [6, 6.07) is -1.52. The molecule has 0 aromatic heterocycles. The minimum atomic E-state index is -4.72. The summed E-state index contributed by atoms with van der Waals surface area (Å²) in [6.45, 7) is 2.74. The van der Waals surface area contributed by atoms with E-state index in [1.807, 2.05) is 0 Å². The number of hydrogen-bond donors (Lipinski definition) is 3. The molecule has 0 fully saturated rings. The molecule has 0 aliphatic heterocycles. The minimum absolute atomic E-state index is 0.148. The van der Waals surface area contributed by atoms with Gasteiger partial charge in [-0.25, -0.2) is 4.57 Å². The number of allylic oxidation sites excluding steroid dienone is 6. The van der Waals surface area contributed by atoms with Crippen LogP contribution in [0.15, 0.2) is 36.5 Å². The van der Waals surface area contributed by atoms with E-state index in [-0.39, 0.29) is 19.4 Å². The monoisotopic (exact) mass is 786 g/mol. The van der Waals surface area contributed by atoms with Crippen LogP contribution in [0.25, 0.3) is 0 Å². The first-order chi connectivity index (χ1) is 26.1. The number of ether oxygens (including phenoxy) is 2. The summed E-state index contributed by atoms with van der Waals surface area (Å²) < 4.78 is 32.6. The highest BCUT2D eigenvalue weighted by Crippen LogP contribution is 2.43. The van der Waals surface area contributed by atoms with Crippen LogP contribution in [0.3, 0.4) is 0 Å². The maximum absolute atomic E-state index is 12.6. The molecule has 0 heterocycles. The van der Waals surface area contributed by atoms with E-state index in [2.05, 4.69) is 54.8 Å². The fraction of sp³-hybridized carbons (Fsp3) is 0.786. The van der Waals surface area contributed by atoms with Crippen LogP contribution in [0.4, 0.5) is 0 Å². The molecule has 12 heteroatoms. The van der Waals surface area contributed by atoms with E-state index in [1.165, 1.54) is 57.8 Å². The van der Waals surface area contributed by atoms with E-state index in [9.17, 15) is 23.8 Å². The predicted molar refractivity (Wildman–Crippen MR) is 217 cm³/mol. The fourth-order valence-electron chi connectivity index (χ4n) is 5.50. The van der Waals surface area contributed by atoms with E-state index in [0.29, 0.717) is 12.8 Å². The molecule has 0 saturated heterocycles. The first-order valence-electron chi connectivity index (χ1n) is 21.0. The number of unbranched alkanes of at least 4 members (excludes halogenated alkanes) is 19. The highest BCUT2D eigenvalue weighted by atomic mass is 31.2. The lowest BCUT2D eigenvalue weighted by molar-refractivity contribution is -0.161. The lowest BCUT2D eigenvalue weighted by atomic mass is 10.1. The van der Waals surface area contributed by atoms with Gasteiger partial charge < -0.3 is 25.2 Å². The maximum Gasteiger partial charge on any atom is 0.472 e. The molecule has 1 unspecified atom stereocenters. The SMILES string of the molecule is CCCCC/C=C/C/C=C/CCCCCCCC(=O)OC[C@H](COP(=O)(O)OC[C@H](N)C(=O)O)OC(=O)CCCCCCC/C=C/CCCCCCCC. The molecule has 3 atom stereocenters. The van der Waals surface area contributed by atoms with Gasteiger partial charge in [-0.2, -0.15) is 0 Å². The third-order valence-corrected chi connectivity index (χ3v) is 9.81. The molecule has 314 valence electrons. The lowest BCUT2D eigenvalue weighted by Gasteiger charge is -2.20. The van der Waals surface area contributed by atoms with Crippen molar-refractivity contribution in [1.29, 1.82) is 0 Å². The van der Waals surface area contributed by atoms with Crippen molar-refractivity contribution in [2.24, 2.45) is 5.73 Å². The predicted octanol–water partition coefficient (Wildman–Crippen LogP) is 10.8. The van der Waals surface area contributed by atoms with Crippen LogP contribution in [0.5, 0.6) is 0 Å². The number of esters is 2. The Balaban J connectivity index is 4.42. The topological polar surface area (TPSA) is 172 Å². The molecule has 0 saturated carbocycles. The van der Waals surface area contributed by atoms with Gasteiger partial charge >= 0.3 is 25.7 Å². The zero-order valence-corrected chi connectivity index (χ0v) is 34.7. The van der Waals surface area contributed by atoms with E-state index in [1.54, 1.807) is 0 Å².